The zero-order chi connectivity index (χ0) is 19.1. The van der Waals surface area contributed by atoms with Crippen LogP contribution in [0.3, 0.4) is 0 Å². The van der Waals surface area contributed by atoms with E-state index in [0.717, 1.165) is 17.1 Å². The van der Waals surface area contributed by atoms with Crippen molar-refractivity contribution in [3.8, 4) is 11.5 Å². The SMILES string of the molecule is CCOc1ccccc1NC(=O)c1cc(Nc2cccc(OC)c2)ccn1. The number of nitrogens with one attached hydrogen (secondary N) is 2. The first-order valence-electron chi connectivity index (χ1n) is 8.60. The summed E-state index contributed by atoms with van der Waals surface area (Å²) in [5.74, 6) is 1.06. The molecule has 2 N–H and O–H groups in total. The maximum atomic E-state index is 12.6. The third-order valence-corrected chi connectivity index (χ3v) is 3.79. The van der Waals surface area contributed by atoms with Crippen molar-refractivity contribution in [3.05, 3.63) is 72.6 Å². The molecule has 0 spiro atoms. The number of rotatable bonds is 7. The highest BCUT2D eigenvalue weighted by Crippen LogP contribution is 2.25. The molecule has 0 aliphatic rings. The molecule has 0 fully saturated rings. The molecular weight excluding hydrogens is 342 g/mol. The lowest BCUT2D eigenvalue weighted by Gasteiger charge is -2.12. The highest BCUT2D eigenvalue weighted by Gasteiger charge is 2.11. The van der Waals surface area contributed by atoms with Crippen LogP contribution in [0.4, 0.5) is 17.1 Å². The van der Waals surface area contributed by atoms with Crippen LogP contribution in [0.5, 0.6) is 11.5 Å². The summed E-state index contributed by atoms with van der Waals surface area (Å²) in [5, 5.41) is 6.09. The molecule has 0 unspecified atom stereocenters. The van der Waals surface area contributed by atoms with Crippen LogP contribution in [-0.2, 0) is 0 Å². The molecule has 1 amide bonds. The molecule has 1 aromatic heterocycles. The second-order valence-electron chi connectivity index (χ2n) is 5.67. The lowest BCUT2D eigenvalue weighted by molar-refractivity contribution is 0.102. The van der Waals surface area contributed by atoms with E-state index in [1.165, 1.54) is 0 Å². The predicted molar refractivity (Wildman–Crippen MR) is 106 cm³/mol. The van der Waals surface area contributed by atoms with Crippen LogP contribution >= 0.6 is 0 Å². The number of nitrogens with zero attached hydrogens (tertiary/aromatic N) is 1. The maximum Gasteiger partial charge on any atom is 0.274 e. The molecular formula is C21H21N3O3. The Morgan fingerprint density at radius 3 is 2.67 bits per heavy atom. The first kappa shape index (κ1) is 18.3. The third kappa shape index (κ3) is 4.76. The quantitative estimate of drug-likeness (QED) is 0.647. The molecule has 0 saturated heterocycles. The molecule has 0 saturated carbocycles. The maximum absolute atomic E-state index is 12.6. The fourth-order valence-corrected chi connectivity index (χ4v) is 2.54. The molecule has 2 aromatic carbocycles. The van der Waals surface area contributed by atoms with Gasteiger partial charge in [0, 0.05) is 23.6 Å². The molecule has 0 atom stereocenters. The number of amides is 1. The van der Waals surface area contributed by atoms with Crippen molar-refractivity contribution >= 4 is 23.0 Å². The predicted octanol–water partition coefficient (Wildman–Crippen LogP) is 4.48. The number of para-hydroxylation sites is 2. The summed E-state index contributed by atoms with van der Waals surface area (Å²) in [6, 6.07) is 18.3. The first-order chi connectivity index (χ1) is 13.2. The lowest BCUT2D eigenvalue weighted by Crippen LogP contribution is -2.14. The summed E-state index contributed by atoms with van der Waals surface area (Å²) in [7, 11) is 1.62. The summed E-state index contributed by atoms with van der Waals surface area (Å²) in [6.45, 7) is 2.42. The topological polar surface area (TPSA) is 72.5 Å². The highest BCUT2D eigenvalue weighted by molar-refractivity contribution is 6.04. The second-order valence-corrected chi connectivity index (χ2v) is 5.67. The van der Waals surface area contributed by atoms with Crippen LogP contribution in [0.15, 0.2) is 66.9 Å². The highest BCUT2D eigenvalue weighted by atomic mass is 16.5. The van der Waals surface area contributed by atoms with Gasteiger partial charge in [0.2, 0.25) is 0 Å². The molecule has 3 aromatic rings. The van der Waals surface area contributed by atoms with Crippen molar-refractivity contribution in [2.75, 3.05) is 24.4 Å². The van der Waals surface area contributed by atoms with Crippen LogP contribution in [0, 0.1) is 0 Å². The van der Waals surface area contributed by atoms with Crippen molar-refractivity contribution in [1.82, 2.24) is 4.98 Å². The molecule has 27 heavy (non-hydrogen) atoms. The van der Waals surface area contributed by atoms with Crippen LogP contribution in [0.25, 0.3) is 0 Å². The number of methoxy groups -OCH3 is 1. The van der Waals surface area contributed by atoms with Gasteiger partial charge < -0.3 is 20.1 Å². The first-order valence-corrected chi connectivity index (χ1v) is 8.60. The van der Waals surface area contributed by atoms with E-state index in [2.05, 4.69) is 15.6 Å². The van der Waals surface area contributed by atoms with Gasteiger partial charge in [0.15, 0.2) is 0 Å². The van der Waals surface area contributed by atoms with Crippen molar-refractivity contribution in [2.24, 2.45) is 0 Å². The van der Waals surface area contributed by atoms with Gasteiger partial charge in [-0.25, -0.2) is 0 Å². The van der Waals surface area contributed by atoms with E-state index >= 15 is 0 Å². The molecule has 0 radical (unpaired) electrons. The Balaban J connectivity index is 1.76. The van der Waals surface area contributed by atoms with Gasteiger partial charge in [-0.05, 0) is 43.3 Å². The van der Waals surface area contributed by atoms with E-state index in [-0.39, 0.29) is 5.91 Å². The average molecular weight is 363 g/mol. The Morgan fingerprint density at radius 2 is 1.85 bits per heavy atom. The Labute approximate surface area is 158 Å². The van der Waals surface area contributed by atoms with Crippen LogP contribution in [0.1, 0.15) is 17.4 Å². The number of anilines is 3. The molecule has 0 bridgehead atoms. The monoisotopic (exact) mass is 363 g/mol. The molecule has 0 aliphatic heterocycles. The van der Waals surface area contributed by atoms with Crippen LogP contribution < -0.4 is 20.1 Å². The van der Waals surface area contributed by atoms with Gasteiger partial charge in [-0.2, -0.15) is 0 Å². The molecule has 6 heteroatoms. The number of hydrogen-bond acceptors (Lipinski definition) is 5. The number of carbonyl (C=O) groups excluding carboxylic acids is 1. The molecule has 138 valence electrons. The van der Waals surface area contributed by atoms with Gasteiger partial charge in [-0.1, -0.05) is 18.2 Å². The molecule has 0 aliphatic carbocycles. The number of pyridine rings is 1. The normalized spacial score (nSPS) is 10.1. The zero-order valence-corrected chi connectivity index (χ0v) is 15.2. The van der Waals surface area contributed by atoms with Crippen molar-refractivity contribution in [3.63, 3.8) is 0 Å². The van der Waals surface area contributed by atoms with E-state index in [1.807, 2.05) is 49.4 Å². The Kier molecular flexibility index (Phi) is 5.89. The molecule has 1 heterocycles. The summed E-state index contributed by atoms with van der Waals surface area (Å²) in [4.78, 5) is 16.8. The van der Waals surface area contributed by atoms with Gasteiger partial charge in [0.1, 0.15) is 17.2 Å². The summed E-state index contributed by atoms with van der Waals surface area (Å²) in [6.07, 6.45) is 1.59. The lowest BCUT2D eigenvalue weighted by atomic mass is 10.2. The number of benzene rings is 2. The van der Waals surface area contributed by atoms with E-state index in [9.17, 15) is 4.79 Å². The number of aromatic nitrogens is 1. The summed E-state index contributed by atoms with van der Waals surface area (Å²) < 4.78 is 10.8. The minimum atomic E-state index is -0.309. The van der Waals surface area contributed by atoms with Crippen molar-refractivity contribution in [2.45, 2.75) is 6.92 Å². The average Bonchev–Trinajstić information content (AvgIpc) is 2.70. The minimum absolute atomic E-state index is 0.300. The second kappa shape index (κ2) is 8.71. The van der Waals surface area contributed by atoms with E-state index in [4.69, 9.17) is 9.47 Å². The standard InChI is InChI=1S/C21H21N3O3/c1-3-27-20-10-5-4-9-18(20)24-21(25)19-14-16(11-12-22-19)23-15-7-6-8-17(13-15)26-2/h4-14H,3H2,1-2H3,(H,22,23)(H,24,25). The zero-order valence-electron chi connectivity index (χ0n) is 15.2. The van der Waals surface area contributed by atoms with Gasteiger partial charge in [0.05, 0.1) is 19.4 Å². The Hall–Kier alpha value is -3.54. The number of carbonyl (C=O) groups is 1. The third-order valence-electron chi connectivity index (χ3n) is 3.79. The largest absolute Gasteiger partial charge is 0.497 e. The van der Waals surface area contributed by atoms with Gasteiger partial charge in [-0.15, -0.1) is 0 Å². The summed E-state index contributed by atoms with van der Waals surface area (Å²) in [5.41, 5.74) is 2.52. The van der Waals surface area contributed by atoms with E-state index < -0.39 is 0 Å². The summed E-state index contributed by atoms with van der Waals surface area (Å²) >= 11 is 0. The van der Waals surface area contributed by atoms with Crippen molar-refractivity contribution in [1.29, 1.82) is 0 Å². The Bertz CT molecular complexity index is 928. The van der Waals surface area contributed by atoms with Gasteiger partial charge in [-0.3, -0.25) is 9.78 Å². The van der Waals surface area contributed by atoms with E-state index in [1.54, 1.807) is 31.5 Å². The number of ether oxygens (including phenoxy) is 2. The van der Waals surface area contributed by atoms with Gasteiger partial charge in [0.25, 0.3) is 5.91 Å². The smallest absolute Gasteiger partial charge is 0.274 e. The van der Waals surface area contributed by atoms with Crippen LogP contribution in [-0.4, -0.2) is 24.6 Å². The number of hydrogen-bond donors (Lipinski definition) is 2. The van der Waals surface area contributed by atoms with Gasteiger partial charge >= 0.3 is 0 Å². The van der Waals surface area contributed by atoms with Crippen LogP contribution in [0.2, 0.25) is 0 Å². The fraction of sp³-hybridized carbons (Fsp3) is 0.143. The molecule has 3 rings (SSSR count). The molecule has 6 nitrogen and oxygen atoms in total. The minimum Gasteiger partial charge on any atom is -0.497 e. The fourth-order valence-electron chi connectivity index (χ4n) is 2.54. The van der Waals surface area contributed by atoms with Crippen molar-refractivity contribution < 1.29 is 14.3 Å². The van der Waals surface area contributed by atoms with E-state index in [0.29, 0.717) is 23.7 Å². The Morgan fingerprint density at radius 1 is 1.04 bits per heavy atom.